The van der Waals surface area contributed by atoms with Crippen molar-refractivity contribution < 1.29 is 4.74 Å². The molecule has 25 heavy (non-hydrogen) atoms. The van der Waals surface area contributed by atoms with Gasteiger partial charge in [-0.05, 0) is 35.4 Å². The maximum Gasteiger partial charge on any atom is 0.127 e. The summed E-state index contributed by atoms with van der Waals surface area (Å²) in [5.74, 6) is 0.839. The molecule has 0 aliphatic heterocycles. The predicted octanol–water partition coefficient (Wildman–Crippen LogP) is 2.20. The highest BCUT2D eigenvalue weighted by molar-refractivity contribution is 9.10. The van der Waals surface area contributed by atoms with E-state index in [2.05, 4.69) is 74.8 Å². The summed E-state index contributed by atoms with van der Waals surface area (Å²) in [7, 11) is 8.28. The Kier molecular flexibility index (Phi) is 5.10. The van der Waals surface area contributed by atoms with E-state index in [0.717, 1.165) is 32.6 Å². The Morgan fingerprint density at radius 2 is 1.72 bits per heavy atom. The standard InChI is InChI=1S/C19H19B3BrNO/c1-25-18-10-12(17-9-7-13(11-24-17)19(20,21)22)6-8-15(18)14-4-2-3-5-16(14)23/h2-11H,20-22H2,1H3. The maximum atomic E-state index is 5.65. The number of methoxy groups -OCH3 is 1. The van der Waals surface area contributed by atoms with Crippen LogP contribution in [-0.4, -0.2) is 35.6 Å². The molecule has 2 nitrogen and oxygen atoms in total. The van der Waals surface area contributed by atoms with E-state index in [-0.39, 0.29) is 5.11 Å². The summed E-state index contributed by atoms with van der Waals surface area (Å²) in [5.41, 5.74) is 5.40. The molecule has 1 heterocycles. The van der Waals surface area contributed by atoms with Gasteiger partial charge in [0.05, 0.1) is 36.3 Å². The molecular weight excluding hydrogens is 371 g/mol. The van der Waals surface area contributed by atoms with Gasteiger partial charge in [0, 0.05) is 21.8 Å². The summed E-state index contributed by atoms with van der Waals surface area (Å²) in [4.78, 5) is 4.65. The van der Waals surface area contributed by atoms with Crippen molar-refractivity contribution in [2.75, 3.05) is 7.11 Å². The first kappa shape index (κ1) is 17.9. The SMILES string of the molecule is BC(B)(B)c1ccc(-c2ccc(-c3ccccc3Br)c(OC)c2)nc1. The van der Waals surface area contributed by atoms with Gasteiger partial charge in [0.15, 0.2) is 0 Å². The number of rotatable bonds is 4. The molecule has 0 saturated carbocycles. The van der Waals surface area contributed by atoms with E-state index in [0.29, 0.717) is 0 Å². The Hall–Kier alpha value is -1.94. The van der Waals surface area contributed by atoms with E-state index in [1.165, 1.54) is 5.56 Å². The van der Waals surface area contributed by atoms with E-state index in [1.54, 1.807) is 7.11 Å². The molecule has 2 aromatic carbocycles. The second kappa shape index (κ2) is 7.13. The fourth-order valence-electron chi connectivity index (χ4n) is 2.76. The quantitative estimate of drug-likeness (QED) is 0.638. The van der Waals surface area contributed by atoms with Gasteiger partial charge in [-0.15, -0.1) is 0 Å². The van der Waals surface area contributed by atoms with E-state index >= 15 is 0 Å². The Labute approximate surface area is 160 Å². The molecule has 0 fully saturated rings. The minimum absolute atomic E-state index is 0.104. The summed E-state index contributed by atoms with van der Waals surface area (Å²) < 4.78 is 6.70. The Bertz CT molecular complexity index is 892. The van der Waals surface area contributed by atoms with Crippen LogP contribution in [-0.2, 0) is 5.11 Å². The van der Waals surface area contributed by atoms with Gasteiger partial charge in [-0.1, -0.05) is 51.4 Å². The first-order chi connectivity index (χ1) is 11.9. The van der Waals surface area contributed by atoms with Gasteiger partial charge < -0.3 is 4.74 Å². The average molecular weight is 390 g/mol. The van der Waals surface area contributed by atoms with Crippen LogP contribution >= 0.6 is 15.9 Å². The molecule has 0 N–H and O–H groups in total. The van der Waals surface area contributed by atoms with Crippen LogP contribution in [0.25, 0.3) is 22.4 Å². The Balaban J connectivity index is 2.01. The minimum atomic E-state index is 0.104. The molecule has 0 aliphatic rings. The van der Waals surface area contributed by atoms with Crippen molar-refractivity contribution in [2.24, 2.45) is 0 Å². The van der Waals surface area contributed by atoms with Gasteiger partial charge in [0.2, 0.25) is 0 Å². The normalized spacial score (nSPS) is 11.3. The second-order valence-corrected chi connectivity index (χ2v) is 7.93. The highest BCUT2D eigenvalue weighted by Crippen LogP contribution is 2.37. The van der Waals surface area contributed by atoms with Crippen molar-refractivity contribution in [1.82, 2.24) is 4.98 Å². The van der Waals surface area contributed by atoms with Crippen LogP contribution in [0.1, 0.15) is 5.56 Å². The van der Waals surface area contributed by atoms with E-state index in [9.17, 15) is 0 Å². The number of hydrogen-bond donors (Lipinski definition) is 0. The van der Waals surface area contributed by atoms with Gasteiger partial charge in [0.1, 0.15) is 5.75 Å². The van der Waals surface area contributed by atoms with Crippen LogP contribution in [0.4, 0.5) is 0 Å². The van der Waals surface area contributed by atoms with Crippen molar-refractivity contribution >= 4 is 39.5 Å². The number of benzene rings is 2. The molecule has 0 atom stereocenters. The molecule has 0 bridgehead atoms. The number of aromatic nitrogens is 1. The number of ether oxygens (including phenoxy) is 1. The van der Waals surface area contributed by atoms with Crippen LogP contribution in [0.2, 0.25) is 0 Å². The lowest BCUT2D eigenvalue weighted by Gasteiger charge is -2.18. The number of halogens is 1. The molecule has 122 valence electrons. The second-order valence-electron chi connectivity index (χ2n) is 7.08. The van der Waals surface area contributed by atoms with E-state index in [4.69, 9.17) is 4.74 Å². The summed E-state index contributed by atoms with van der Waals surface area (Å²) in [6, 6.07) is 18.6. The molecule has 3 aromatic rings. The van der Waals surface area contributed by atoms with Crippen molar-refractivity contribution in [1.29, 1.82) is 0 Å². The number of pyridine rings is 1. The van der Waals surface area contributed by atoms with Crippen molar-refractivity contribution in [3.8, 4) is 28.1 Å². The third-order valence-corrected chi connectivity index (χ3v) is 4.98. The molecule has 0 amide bonds. The van der Waals surface area contributed by atoms with Gasteiger partial charge in [-0.2, -0.15) is 0 Å². The summed E-state index contributed by atoms with van der Waals surface area (Å²) in [5, 5.41) is 0.104. The maximum absolute atomic E-state index is 5.65. The van der Waals surface area contributed by atoms with Gasteiger partial charge in [-0.25, -0.2) is 0 Å². The molecule has 6 heteroatoms. The molecule has 0 radical (unpaired) electrons. The Morgan fingerprint density at radius 3 is 2.32 bits per heavy atom. The summed E-state index contributed by atoms with van der Waals surface area (Å²) >= 11 is 3.62. The third kappa shape index (κ3) is 3.85. The van der Waals surface area contributed by atoms with Gasteiger partial charge in [-0.3, -0.25) is 4.98 Å². The largest absolute Gasteiger partial charge is 0.496 e. The van der Waals surface area contributed by atoms with E-state index in [1.807, 2.05) is 30.5 Å². The monoisotopic (exact) mass is 389 g/mol. The van der Waals surface area contributed by atoms with Gasteiger partial charge in [0.25, 0.3) is 0 Å². The lowest BCUT2D eigenvalue weighted by molar-refractivity contribution is 0.416. The van der Waals surface area contributed by atoms with Crippen molar-refractivity contribution in [3.05, 3.63) is 70.8 Å². The number of nitrogens with zero attached hydrogens (tertiary/aromatic N) is 1. The fourth-order valence-corrected chi connectivity index (χ4v) is 3.26. The highest BCUT2D eigenvalue weighted by atomic mass is 79.9. The first-order valence-electron chi connectivity index (χ1n) is 8.30. The zero-order valence-corrected chi connectivity index (χ0v) is 16.6. The predicted molar refractivity (Wildman–Crippen MR) is 117 cm³/mol. The minimum Gasteiger partial charge on any atom is -0.496 e. The van der Waals surface area contributed by atoms with Crippen LogP contribution in [0.3, 0.4) is 0 Å². The van der Waals surface area contributed by atoms with E-state index < -0.39 is 0 Å². The molecule has 0 spiro atoms. The molecular formula is C19H19B3BrNO. The molecule has 0 saturated heterocycles. The zero-order chi connectivity index (χ0) is 18.0. The molecule has 3 rings (SSSR count). The van der Waals surface area contributed by atoms with Crippen LogP contribution in [0, 0.1) is 0 Å². The number of hydrogen-bond acceptors (Lipinski definition) is 2. The van der Waals surface area contributed by atoms with Gasteiger partial charge >= 0.3 is 0 Å². The Morgan fingerprint density at radius 1 is 0.960 bits per heavy atom. The summed E-state index contributed by atoms with van der Waals surface area (Å²) in [6.45, 7) is 0. The van der Waals surface area contributed by atoms with Crippen LogP contribution in [0.5, 0.6) is 5.75 Å². The lowest BCUT2D eigenvalue weighted by Crippen LogP contribution is -2.26. The molecule has 0 aliphatic carbocycles. The smallest absolute Gasteiger partial charge is 0.127 e. The third-order valence-electron chi connectivity index (χ3n) is 4.29. The summed E-state index contributed by atoms with van der Waals surface area (Å²) in [6.07, 6.45) is 1.96. The lowest BCUT2D eigenvalue weighted by atomic mass is 9.40. The molecule has 1 aromatic heterocycles. The van der Waals surface area contributed by atoms with Crippen LogP contribution in [0.15, 0.2) is 65.3 Å². The highest BCUT2D eigenvalue weighted by Gasteiger charge is 2.15. The average Bonchev–Trinajstić information content (AvgIpc) is 2.61. The zero-order valence-electron chi connectivity index (χ0n) is 15.0. The fraction of sp³-hybridized carbons (Fsp3) is 0.105. The van der Waals surface area contributed by atoms with Crippen molar-refractivity contribution in [3.63, 3.8) is 0 Å². The van der Waals surface area contributed by atoms with Crippen molar-refractivity contribution in [2.45, 2.75) is 5.11 Å². The molecule has 0 unspecified atom stereocenters. The topological polar surface area (TPSA) is 22.1 Å². The first-order valence-corrected chi connectivity index (χ1v) is 9.09. The van der Waals surface area contributed by atoms with Crippen LogP contribution < -0.4 is 4.74 Å².